The Morgan fingerprint density at radius 3 is 1.22 bits per heavy atom. The Hall–Kier alpha value is -13.0. The largest absolute Gasteiger partial charge is 0.369 e. The van der Waals surface area contributed by atoms with Gasteiger partial charge in [-0.15, -0.1) is 0 Å². The fourth-order valence-corrected chi connectivity index (χ4v) is 13.8. The second-order valence-corrected chi connectivity index (χ2v) is 30.0. The molecule has 0 radical (unpaired) electrons. The number of halogens is 4. The molecule has 0 bridgehead atoms. The average Bonchev–Trinajstić information content (AvgIpc) is 1.32. The Labute approximate surface area is 716 Å². The molecule has 612 valence electrons. The fraction of sp³-hybridized carbons (Fsp3) is 0.211. The molecule has 0 spiro atoms. The molecule has 15 rings (SSSR count). The van der Waals surface area contributed by atoms with Gasteiger partial charge >= 0.3 is 0 Å². The van der Waals surface area contributed by atoms with Gasteiger partial charge < -0.3 is 51.5 Å². The number of piperazine rings is 1. The number of pyridine rings is 8. The van der Waals surface area contributed by atoms with Crippen molar-refractivity contribution >= 4 is 116 Å². The summed E-state index contributed by atoms with van der Waals surface area (Å²) >= 11 is 25.3. The highest BCUT2D eigenvalue weighted by molar-refractivity contribution is 6.35. The standard InChI is InChI=1S/C24H26ClN5O.C23H26ClN5O.C22H20ClN5O2.C21H17ClN6O/c1-17-19(8-10-23(28-17)27-12-15-30-13-4-5-14-30)24(31)29-18-7-9-21(25)20(16-18)22-6-2-3-11-26-22;1-16-18(9-11-22(26-16)29(4)14-13-28(2)3)23(30)27-17-8-10-20(24)19(15-17)21-7-5-6-12-25-21;1-14-16(6-8-20(26-14)28-11-10-25-21(29)13-28)22(30)27-15-5-7-18(23)17(12-15)19-4-2-3-9-24-19;1-13-16(7-9-20(25-13)28-12-24-14(2)27-28)21(29)26-15-6-8-18(22)17(11-15)19-5-3-4-10-23-19/h2-3,6-11,16H,4-5,12-15H2,1H3,(H,27,28)(H,29,31);5-12,15H,13-14H2,1-4H3,(H,27,30);2-9,12H,10-11,13H2,1H3,(H,25,29)(H,27,30);3-12H,1-2H3,(H,26,29). The number of carbonyl (C=O) groups is 5. The average molecular weight is 1690 g/mol. The Kier molecular flexibility index (Phi) is 29.8. The zero-order valence-electron chi connectivity index (χ0n) is 67.4. The first-order valence-electron chi connectivity index (χ1n) is 38.7. The smallest absolute Gasteiger partial charge is 0.257 e. The molecule has 2 aliphatic heterocycles. The molecule has 2 aliphatic rings. The lowest BCUT2D eigenvalue weighted by atomic mass is 10.1. The van der Waals surface area contributed by atoms with Crippen LogP contribution < -0.4 is 41.7 Å². The SMILES string of the molecule is Cc1nc(N(C)CCN(C)C)ccc1C(=O)Nc1ccc(Cl)c(-c2ccccn2)c1.Cc1nc(N2CCNC(=O)C2)ccc1C(=O)Nc1ccc(Cl)c(-c2ccccn2)c1.Cc1nc(NCCN2CCCC2)ccc1C(=O)Nc1ccc(Cl)c(-c2ccccn2)c1.Cc1ncn(-c2ccc(C(=O)Nc3ccc(Cl)c(-c4ccccn4)c3)c(C)n2)n1. The van der Waals surface area contributed by atoms with Crippen LogP contribution in [0.1, 0.15) is 82.9 Å². The van der Waals surface area contributed by atoms with Crippen LogP contribution in [0.5, 0.6) is 0 Å². The number of hydrogen-bond donors (Lipinski definition) is 6. The number of nitrogens with zero attached hydrogens (tertiary/aromatic N) is 15. The van der Waals surface area contributed by atoms with E-state index in [9.17, 15) is 24.0 Å². The normalized spacial score (nSPS) is 12.3. The maximum absolute atomic E-state index is 12.8. The molecule has 5 amide bonds. The minimum atomic E-state index is -0.266. The number of likely N-dealkylation sites (tertiary alicyclic amines) is 1. The van der Waals surface area contributed by atoms with Gasteiger partial charge in [0, 0.05) is 116 Å². The van der Waals surface area contributed by atoms with Crippen LogP contribution in [-0.4, -0.2) is 174 Å². The molecule has 0 aliphatic carbocycles. The van der Waals surface area contributed by atoms with Gasteiger partial charge in [-0.05, 0) is 245 Å². The van der Waals surface area contributed by atoms with Gasteiger partial charge in [-0.2, -0.15) is 5.10 Å². The monoisotopic (exact) mass is 1680 g/mol. The van der Waals surface area contributed by atoms with Crippen molar-refractivity contribution in [2.75, 3.05) is 116 Å². The van der Waals surface area contributed by atoms with Crippen molar-refractivity contribution < 1.29 is 24.0 Å². The molecule has 9 aromatic heterocycles. The summed E-state index contributed by atoms with van der Waals surface area (Å²) in [4.78, 5) is 111. The van der Waals surface area contributed by atoms with E-state index < -0.39 is 0 Å². The summed E-state index contributed by atoms with van der Waals surface area (Å²) in [6.45, 7) is 16.6. The highest BCUT2D eigenvalue weighted by Gasteiger charge is 2.23. The first kappa shape index (κ1) is 86.4. The number of amides is 5. The van der Waals surface area contributed by atoms with E-state index in [2.05, 4.69) is 96.6 Å². The van der Waals surface area contributed by atoms with Crippen LogP contribution in [0.2, 0.25) is 20.1 Å². The summed E-state index contributed by atoms with van der Waals surface area (Å²) in [6.07, 6.45) is 11.0. The molecule has 6 N–H and O–H groups in total. The van der Waals surface area contributed by atoms with E-state index >= 15 is 0 Å². The zero-order chi connectivity index (χ0) is 84.8. The molecule has 26 nitrogen and oxygen atoms in total. The van der Waals surface area contributed by atoms with Gasteiger partial charge in [-0.25, -0.2) is 29.6 Å². The summed E-state index contributed by atoms with van der Waals surface area (Å²) < 4.78 is 1.57. The second-order valence-electron chi connectivity index (χ2n) is 28.4. The first-order chi connectivity index (χ1) is 58.0. The van der Waals surface area contributed by atoms with Crippen LogP contribution in [0, 0.1) is 34.6 Å². The number of aryl methyl sites for hydroxylation is 5. The third-order valence-corrected chi connectivity index (χ3v) is 20.7. The van der Waals surface area contributed by atoms with E-state index in [0.29, 0.717) is 118 Å². The highest BCUT2D eigenvalue weighted by Crippen LogP contribution is 2.35. The quantitative estimate of drug-likeness (QED) is 0.0367. The van der Waals surface area contributed by atoms with Crippen molar-refractivity contribution in [1.82, 2.24) is 69.8 Å². The van der Waals surface area contributed by atoms with E-state index in [1.54, 1.807) is 141 Å². The molecule has 4 aromatic carbocycles. The van der Waals surface area contributed by atoms with Crippen molar-refractivity contribution in [2.45, 2.75) is 47.5 Å². The molecule has 13 aromatic rings. The van der Waals surface area contributed by atoms with E-state index in [1.807, 2.05) is 149 Å². The van der Waals surface area contributed by atoms with Gasteiger partial charge in [0.1, 0.15) is 29.6 Å². The molecule has 11 heterocycles. The Morgan fingerprint density at radius 2 is 0.842 bits per heavy atom. The molecule has 30 heteroatoms. The summed E-state index contributed by atoms with van der Waals surface area (Å²) in [6, 6.07) is 58.0. The number of rotatable bonds is 22. The number of anilines is 7. The van der Waals surface area contributed by atoms with Crippen LogP contribution in [0.15, 0.2) is 225 Å². The number of hydrogen-bond acceptors (Lipinski definition) is 20. The minimum absolute atomic E-state index is 0.0334. The van der Waals surface area contributed by atoms with E-state index in [0.717, 1.165) is 82.8 Å². The van der Waals surface area contributed by atoms with Crippen molar-refractivity contribution in [3.05, 3.63) is 296 Å². The minimum Gasteiger partial charge on any atom is -0.369 e. The number of carbonyl (C=O) groups excluding carboxylic acids is 5. The first-order valence-corrected chi connectivity index (χ1v) is 40.2. The van der Waals surface area contributed by atoms with Crippen LogP contribution in [0.25, 0.3) is 50.8 Å². The third-order valence-electron chi connectivity index (χ3n) is 19.3. The number of aromatic nitrogens is 11. The summed E-state index contributed by atoms with van der Waals surface area (Å²) in [7, 11) is 6.07. The van der Waals surface area contributed by atoms with Gasteiger partial charge in [0.2, 0.25) is 5.91 Å². The Morgan fingerprint density at radius 1 is 0.442 bits per heavy atom. The lowest BCUT2D eigenvalue weighted by Gasteiger charge is -2.28. The summed E-state index contributed by atoms with van der Waals surface area (Å²) in [5, 5.41) is 24.3. The van der Waals surface area contributed by atoms with Crippen LogP contribution >= 0.6 is 46.4 Å². The van der Waals surface area contributed by atoms with E-state index in [-0.39, 0.29) is 36.1 Å². The Bertz CT molecular complexity index is 5770. The predicted octanol–water partition coefficient (Wildman–Crippen LogP) is 16.8. The van der Waals surface area contributed by atoms with Crippen LogP contribution in [0.3, 0.4) is 0 Å². The fourth-order valence-electron chi connectivity index (χ4n) is 13.0. The molecule has 120 heavy (non-hydrogen) atoms. The lowest BCUT2D eigenvalue weighted by Crippen LogP contribution is -2.48. The number of likely N-dealkylation sites (N-methyl/N-ethyl adjacent to an activating group) is 2. The lowest BCUT2D eigenvalue weighted by molar-refractivity contribution is -0.120. The molecule has 0 saturated carbocycles. The zero-order valence-corrected chi connectivity index (χ0v) is 70.4. The highest BCUT2D eigenvalue weighted by atomic mass is 35.5. The second kappa shape index (κ2) is 41.4. The number of benzene rings is 4. The molecular weight excluding hydrogens is 1600 g/mol. The molecule has 0 atom stereocenters. The molecule has 0 unspecified atom stereocenters. The summed E-state index contributed by atoms with van der Waals surface area (Å²) in [5.41, 5.74) is 13.1. The maximum Gasteiger partial charge on any atom is 0.257 e. The summed E-state index contributed by atoms with van der Waals surface area (Å²) in [5.74, 6) is 2.59. The van der Waals surface area contributed by atoms with Crippen molar-refractivity contribution in [1.29, 1.82) is 0 Å². The van der Waals surface area contributed by atoms with E-state index in [4.69, 9.17) is 46.4 Å². The van der Waals surface area contributed by atoms with Crippen molar-refractivity contribution in [2.24, 2.45) is 0 Å². The number of nitrogens with one attached hydrogen (secondary N) is 6. The van der Waals surface area contributed by atoms with Crippen molar-refractivity contribution in [3.8, 4) is 50.8 Å². The van der Waals surface area contributed by atoms with Crippen LogP contribution in [-0.2, 0) is 4.79 Å². The van der Waals surface area contributed by atoms with Crippen molar-refractivity contribution in [3.63, 3.8) is 0 Å². The van der Waals surface area contributed by atoms with Crippen LogP contribution in [0.4, 0.5) is 40.2 Å². The molecule has 2 saturated heterocycles. The van der Waals surface area contributed by atoms with E-state index in [1.165, 1.54) is 25.9 Å². The Balaban J connectivity index is 0.000000147. The van der Waals surface area contributed by atoms with Gasteiger partial charge in [0.15, 0.2) is 5.82 Å². The van der Waals surface area contributed by atoms with Gasteiger partial charge in [0.05, 0.1) is 94.4 Å². The molecule has 2 fully saturated rings. The van der Waals surface area contributed by atoms with Gasteiger partial charge in [-0.1, -0.05) is 70.7 Å². The predicted molar refractivity (Wildman–Crippen MR) is 477 cm³/mol. The van der Waals surface area contributed by atoms with Gasteiger partial charge in [-0.3, -0.25) is 43.9 Å². The topological polar surface area (TPSA) is 304 Å². The van der Waals surface area contributed by atoms with Gasteiger partial charge in [0.25, 0.3) is 23.6 Å². The molecular formula is C90H89Cl4N21O5. The third kappa shape index (κ3) is 23.5. The maximum atomic E-state index is 12.8.